The Labute approximate surface area is 220 Å². The summed E-state index contributed by atoms with van der Waals surface area (Å²) in [6.45, 7) is 6.72. The highest BCUT2D eigenvalue weighted by Crippen LogP contribution is 2.31. The van der Waals surface area contributed by atoms with Gasteiger partial charge in [-0.2, -0.15) is 13.2 Å². The maximum atomic E-state index is 13.0. The molecular weight excluding hydrogens is 519 g/mol. The quantitative estimate of drug-likeness (QED) is 0.337. The van der Waals surface area contributed by atoms with Crippen LogP contribution in [0.25, 0.3) is 11.0 Å². The van der Waals surface area contributed by atoms with Gasteiger partial charge in [-0.3, -0.25) is 9.69 Å². The summed E-state index contributed by atoms with van der Waals surface area (Å²) in [5.74, 6) is -0.328. The third-order valence-electron chi connectivity index (χ3n) is 6.26. The van der Waals surface area contributed by atoms with Gasteiger partial charge in [0.05, 0.1) is 42.9 Å². The van der Waals surface area contributed by atoms with Crippen molar-refractivity contribution in [2.24, 2.45) is 0 Å². The molecule has 9 nitrogen and oxygen atoms in total. The molecule has 1 fully saturated rings. The summed E-state index contributed by atoms with van der Waals surface area (Å²) in [5, 5.41) is 6.44. The second kappa shape index (κ2) is 11.1. The van der Waals surface area contributed by atoms with Crippen LogP contribution in [0.3, 0.4) is 0 Å². The zero-order valence-corrected chi connectivity index (χ0v) is 21.3. The third-order valence-corrected chi connectivity index (χ3v) is 7.36. The number of morpholine rings is 1. The summed E-state index contributed by atoms with van der Waals surface area (Å²) < 4.78 is 45.7. The summed E-state index contributed by atoms with van der Waals surface area (Å²) in [4.78, 5) is 29.1. The number of imidazole rings is 1. The van der Waals surface area contributed by atoms with Crippen LogP contribution in [0.1, 0.15) is 33.9 Å². The lowest BCUT2D eigenvalue weighted by atomic mass is 10.2. The van der Waals surface area contributed by atoms with Crippen molar-refractivity contribution in [2.75, 3.05) is 38.2 Å². The smallest absolute Gasteiger partial charge is 0.379 e. The van der Waals surface area contributed by atoms with E-state index in [1.165, 1.54) is 23.5 Å². The number of hydrogen-bond acceptors (Lipinski definition) is 8. The topological polar surface area (TPSA) is 97.2 Å². The second-order valence-corrected chi connectivity index (χ2v) is 9.98. The fourth-order valence-corrected chi connectivity index (χ4v) is 4.93. The predicted octanol–water partition coefficient (Wildman–Crippen LogP) is 4.47. The lowest BCUT2D eigenvalue weighted by molar-refractivity contribution is -0.137. The Morgan fingerprint density at radius 1 is 1.11 bits per heavy atom. The zero-order valence-electron chi connectivity index (χ0n) is 20.5. The number of aromatic nitrogens is 4. The van der Waals surface area contributed by atoms with Gasteiger partial charge in [0.25, 0.3) is 5.91 Å². The Morgan fingerprint density at radius 3 is 2.61 bits per heavy atom. The van der Waals surface area contributed by atoms with Crippen molar-refractivity contribution in [2.45, 2.75) is 25.7 Å². The number of carbonyl (C=O) groups is 1. The van der Waals surface area contributed by atoms with Gasteiger partial charge in [-0.15, -0.1) is 0 Å². The number of rotatable bonds is 8. The highest BCUT2D eigenvalue weighted by atomic mass is 32.1. The summed E-state index contributed by atoms with van der Waals surface area (Å²) in [6.07, 6.45) is 0.598. The molecule has 200 valence electrons. The molecule has 4 aromatic rings. The van der Waals surface area contributed by atoms with Crippen LogP contribution in [0.4, 0.5) is 24.0 Å². The maximum absolute atomic E-state index is 13.0. The first kappa shape index (κ1) is 26.1. The maximum Gasteiger partial charge on any atom is 0.416 e. The summed E-state index contributed by atoms with van der Waals surface area (Å²) in [6, 6.07) is 6.11. The Kier molecular flexibility index (Phi) is 7.58. The summed E-state index contributed by atoms with van der Waals surface area (Å²) in [7, 11) is 0. The van der Waals surface area contributed by atoms with E-state index < -0.39 is 11.7 Å². The first-order valence-corrected chi connectivity index (χ1v) is 12.9. The van der Waals surface area contributed by atoms with Gasteiger partial charge in [-0.05, 0) is 37.3 Å². The fraction of sp³-hybridized carbons (Fsp3) is 0.360. The molecule has 0 aliphatic carbocycles. The minimum absolute atomic E-state index is 0.282. The van der Waals surface area contributed by atoms with Gasteiger partial charge < -0.3 is 19.9 Å². The largest absolute Gasteiger partial charge is 0.416 e. The SMILES string of the molecule is CC(NC(=O)c1cc2c(cn1)ncn2CCN1CCOCC1)c1cnc(Nc2ccc(C(F)(F)F)cc2)s1. The van der Waals surface area contributed by atoms with Crippen LogP contribution in [0, 0.1) is 0 Å². The van der Waals surface area contributed by atoms with Crippen molar-refractivity contribution in [3.05, 3.63) is 65.2 Å². The normalized spacial score (nSPS) is 15.5. The first-order valence-electron chi connectivity index (χ1n) is 12.1. The molecule has 0 radical (unpaired) electrons. The lowest BCUT2D eigenvalue weighted by Crippen LogP contribution is -2.38. The number of pyridine rings is 1. The molecule has 1 unspecified atom stereocenters. The van der Waals surface area contributed by atoms with Crippen LogP contribution in [-0.4, -0.2) is 63.2 Å². The number of anilines is 2. The molecule has 1 aromatic carbocycles. The highest BCUT2D eigenvalue weighted by Gasteiger charge is 2.30. The van der Waals surface area contributed by atoms with Gasteiger partial charge in [0.1, 0.15) is 11.2 Å². The highest BCUT2D eigenvalue weighted by molar-refractivity contribution is 7.15. The average molecular weight is 546 g/mol. The number of alkyl halides is 3. The Bertz CT molecular complexity index is 1400. The van der Waals surface area contributed by atoms with Crippen LogP contribution >= 0.6 is 11.3 Å². The zero-order chi connectivity index (χ0) is 26.7. The van der Waals surface area contributed by atoms with Crippen LogP contribution < -0.4 is 10.6 Å². The third kappa shape index (κ3) is 6.11. The van der Waals surface area contributed by atoms with E-state index in [9.17, 15) is 18.0 Å². The molecule has 5 rings (SSSR count). The number of amides is 1. The number of benzene rings is 1. The molecule has 1 atom stereocenters. The number of fused-ring (bicyclic) bond motifs is 1. The number of hydrogen-bond donors (Lipinski definition) is 2. The average Bonchev–Trinajstić information content (AvgIpc) is 3.54. The van der Waals surface area contributed by atoms with Crippen molar-refractivity contribution < 1.29 is 22.7 Å². The molecule has 1 aliphatic heterocycles. The molecular formula is C25H26F3N7O2S. The Hall–Kier alpha value is -3.55. The molecule has 0 saturated carbocycles. The molecule has 4 heterocycles. The minimum Gasteiger partial charge on any atom is -0.379 e. The van der Waals surface area contributed by atoms with Gasteiger partial charge in [-0.1, -0.05) is 11.3 Å². The van der Waals surface area contributed by atoms with E-state index in [0.29, 0.717) is 10.8 Å². The van der Waals surface area contributed by atoms with E-state index in [0.717, 1.165) is 67.4 Å². The van der Waals surface area contributed by atoms with Gasteiger partial charge in [0.15, 0.2) is 5.13 Å². The van der Waals surface area contributed by atoms with E-state index in [1.54, 1.807) is 24.8 Å². The molecule has 3 aromatic heterocycles. The summed E-state index contributed by atoms with van der Waals surface area (Å²) in [5.41, 5.74) is 1.61. The number of thiazole rings is 1. The molecule has 2 N–H and O–H groups in total. The molecule has 1 saturated heterocycles. The Balaban J connectivity index is 1.21. The van der Waals surface area contributed by atoms with Gasteiger partial charge in [0.2, 0.25) is 0 Å². The first-order chi connectivity index (χ1) is 18.3. The lowest BCUT2D eigenvalue weighted by Gasteiger charge is -2.26. The second-order valence-electron chi connectivity index (χ2n) is 8.91. The van der Waals surface area contributed by atoms with Gasteiger partial charge >= 0.3 is 6.18 Å². The molecule has 1 amide bonds. The molecule has 13 heteroatoms. The minimum atomic E-state index is -4.39. The number of nitrogens with one attached hydrogen (secondary N) is 2. The van der Waals surface area contributed by atoms with Crippen LogP contribution in [0.15, 0.2) is 49.1 Å². The summed E-state index contributed by atoms with van der Waals surface area (Å²) >= 11 is 1.30. The monoisotopic (exact) mass is 545 g/mol. The van der Waals surface area contributed by atoms with Gasteiger partial charge in [0, 0.05) is 42.9 Å². The number of halogens is 3. The van der Waals surface area contributed by atoms with Crippen LogP contribution in [-0.2, 0) is 17.5 Å². The molecule has 1 aliphatic rings. The van der Waals surface area contributed by atoms with Gasteiger partial charge in [-0.25, -0.2) is 15.0 Å². The number of ether oxygens (including phenoxy) is 1. The number of nitrogens with zero attached hydrogens (tertiary/aromatic N) is 5. The molecule has 0 spiro atoms. The Morgan fingerprint density at radius 2 is 1.87 bits per heavy atom. The van der Waals surface area contributed by atoms with Crippen LogP contribution in [0.2, 0.25) is 0 Å². The van der Waals surface area contributed by atoms with E-state index in [-0.39, 0.29) is 17.6 Å². The van der Waals surface area contributed by atoms with Crippen molar-refractivity contribution >= 4 is 39.1 Å². The van der Waals surface area contributed by atoms with Crippen molar-refractivity contribution in [3.63, 3.8) is 0 Å². The standard InChI is InChI=1S/C25H26F3N7O2S/c1-16(22-14-30-24(38-22)33-18-4-2-17(3-5-18)25(26,27)28)32-23(36)19-12-21-20(13-29-19)31-15-35(21)7-6-34-8-10-37-11-9-34/h2-5,12-16H,6-11H2,1H3,(H,30,33)(H,32,36). The van der Waals surface area contributed by atoms with E-state index in [2.05, 4.69) is 30.5 Å². The van der Waals surface area contributed by atoms with E-state index in [4.69, 9.17) is 4.74 Å². The van der Waals surface area contributed by atoms with Crippen molar-refractivity contribution in [3.8, 4) is 0 Å². The van der Waals surface area contributed by atoms with Crippen LogP contribution in [0.5, 0.6) is 0 Å². The predicted molar refractivity (Wildman–Crippen MR) is 138 cm³/mol. The number of carbonyl (C=O) groups excluding carboxylic acids is 1. The van der Waals surface area contributed by atoms with Crippen molar-refractivity contribution in [1.82, 2.24) is 29.7 Å². The molecule has 0 bridgehead atoms. The van der Waals surface area contributed by atoms with E-state index >= 15 is 0 Å². The fourth-order valence-electron chi connectivity index (χ4n) is 4.09. The van der Waals surface area contributed by atoms with E-state index in [1.807, 2.05) is 11.5 Å². The molecule has 38 heavy (non-hydrogen) atoms. The van der Waals surface area contributed by atoms with Crippen molar-refractivity contribution in [1.29, 1.82) is 0 Å².